The molecular formula is C23H27N3O5S. The highest BCUT2D eigenvalue weighted by atomic mass is 32.2. The van der Waals surface area contributed by atoms with E-state index in [0.717, 1.165) is 11.1 Å². The zero-order valence-electron chi connectivity index (χ0n) is 18.6. The molecule has 2 aliphatic heterocycles. The minimum absolute atomic E-state index is 0.112. The molecule has 2 aromatic carbocycles. The molecule has 9 heteroatoms. The van der Waals surface area contributed by atoms with Gasteiger partial charge >= 0.3 is 0 Å². The van der Waals surface area contributed by atoms with Gasteiger partial charge in [-0.25, -0.2) is 8.42 Å². The van der Waals surface area contributed by atoms with Crippen molar-refractivity contribution in [1.29, 1.82) is 0 Å². The maximum Gasteiger partial charge on any atom is 0.263 e. The molecule has 0 radical (unpaired) electrons. The van der Waals surface area contributed by atoms with Crippen molar-refractivity contribution in [3.63, 3.8) is 0 Å². The van der Waals surface area contributed by atoms with E-state index in [2.05, 4.69) is 9.71 Å². The second-order valence-electron chi connectivity index (χ2n) is 8.25. The number of fused-ring (bicyclic) bond motifs is 2. The molecule has 0 fully saturated rings. The number of methoxy groups -OCH3 is 2. The predicted molar refractivity (Wildman–Crippen MR) is 121 cm³/mol. The molecule has 0 saturated carbocycles. The maximum absolute atomic E-state index is 13.5. The summed E-state index contributed by atoms with van der Waals surface area (Å²) in [5.74, 6) is 1.27. The Labute approximate surface area is 188 Å². The summed E-state index contributed by atoms with van der Waals surface area (Å²) in [6.45, 7) is 4.81. The highest BCUT2D eigenvalue weighted by Gasteiger charge is 2.34. The summed E-state index contributed by atoms with van der Waals surface area (Å²) >= 11 is 0. The monoisotopic (exact) mass is 457 g/mol. The smallest absolute Gasteiger partial charge is 0.263 e. The van der Waals surface area contributed by atoms with E-state index in [1.165, 1.54) is 6.07 Å². The van der Waals surface area contributed by atoms with Gasteiger partial charge in [0, 0.05) is 18.7 Å². The number of carbonyl (C=O) groups excluding carboxylic acids is 1. The van der Waals surface area contributed by atoms with Crippen LogP contribution in [0.2, 0.25) is 0 Å². The standard InChI is InChI=1S/C23H27N3O5S/c1-14(2)21(24-22-17-7-5-6-8-20(17)32(28,29)25-22)23(27)26-10-9-15-11-18(30-3)19(31-4)12-16(15)13-26/h5-8,11-12,14,21H,9-10,13H2,1-4H3,(H,24,25)/t21-/m0/s1. The fraction of sp³-hybridized carbons (Fsp3) is 0.391. The molecule has 1 atom stereocenters. The van der Waals surface area contributed by atoms with Crippen molar-refractivity contribution < 1.29 is 22.7 Å². The lowest BCUT2D eigenvalue weighted by Gasteiger charge is -2.32. The van der Waals surface area contributed by atoms with Gasteiger partial charge in [-0.05, 0) is 47.7 Å². The Hall–Kier alpha value is -3.07. The Balaban J connectivity index is 1.63. The topological polar surface area (TPSA) is 97.3 Å². The Morgan fingerprint density at radius 2 is 1.75 bits per heavy atom. The van der Waals surface area contributed by atoms with Crippen LogP contribution in [0.3, 0.4) is 0 Å². The van der Waals surface area contributed by atoms with Crippen LogP contribution in [-0.2, 0) is 27.8 Å². The first-order chi connectivity index (χ1) is 15.2. The minimum Gasteiger partial charge on any atom is -0.493 e. The molecule has 2 aromatic rings. The van der Waals surface area contributed by atoms with Gasteiger partial charge in [0.05, 0.1) is 19.1 Å². The largest absolute Gasteiger partial charge is 0.493 e. The van der Waals surface area contributed by atoms with Crippen molar-refractivity contribution >= 4 is 21.8 Å². The fourth-order valence-electron chi connectivity index (χ4n) is 4.12. The van der Waals surface area contributed by atoms with Gasteiger partial charge < -0.3 is 14.4 Å². The van der Waals surface area contributed by atoms with Crippen LogP contribution in [0.1, 0.15) is 30.5 Å². The Kier molecular flexibility index (Phi) is 5.85. The molecule has 1 amide bonds. The van der Waals surface area contributed by atoms with Crippen LogP contribution in [0, 0.1) is 5.92 Å². The van der Waals surface area contributed by atoms with Crippen molar-refractivity contribution in [2.75, 3.05) is 20.8 Å². The van der Waals surface area contributed by atoms with Crippen molar-refractivity contribution in [2.45, 2.75) is 37.8 Å². The van der Waals surface area contributed by atoms with E-state index in [9.17, 15) is 13.2 Å². The van der Waals surface area contributed by atoms with Gasteiger partial charge in [-0.1, -0.05) is 26.0 Å². The van der Waals surface area contributed by atoms with Crippen molar-refractivity contribution in [1.82, 2.24) is 9.62 Å². The fourth-order valence-corrected chi connectivity index (χ4v) is 5.36. The van der Waals surface area contributed by atoms with Gasteiger partial charge in [-0.2, -0.15) is 0 Å². The third-order valence-corrected chi connectivity index (χ3v) is 7.24. The number of amides is 1. The molecule has 0 spiro atoms. The number of rotatable bonds is 5. The molecule has 170 valence electrons. The van der Waals surface area contributed by atoms with Crippen LogP contribution in [0.4, 0.5) is 0 Å². The number of amidine groups is 1. The van der Waals surface area contributed by atoms with Crippen LogP contribution < -0.4 is 14.2 Å². The van der Waals surface area contributed by atoms with Crippen molar-refractivity contribution in [3.8, 4) is 11.5 Å². The Bertz CT molecular complexity index is 1190. The summed E-state index contributed by atoms with van der Waals surface area (Å²) in [7, 11) is -0.476. The van der Waals surface area contributed by atoms with Crippen LogP contribution in [0.25, 0.3) is 0 Å². The van der Waals surface area contributed by atoms with E-state index >= 15 is 0 Å². The summed E-state index contributed by atoms with van der Waals surface area (Å²) in [5, 5.41) is 0. The van der Waals surface area contributed by atoms with Crippen LogP contribution >= 0.6 is 0 Å². The lowest BCUT2D eigenvalue weighted by Crippen LogP contribution is -2.44. The van der Waals surface area contributed by atoms with E-state index in [1.807, 2.05) is 26.0 Å². The van der Waals surface area contributed by atoms with Gasteiger partial charge in [0.2, 0.25) is 5.91 Å². The molecule has 4 rings (SSSR count). The normalized spacial score (nSPS) is 18.7. The number of benzene rings is 2. The molecule has 0 aliphatic carbocycles. The second kappa shape index (κ2) is 8.46. The Morgan fingerprint density at radius 3 is 2.41 bits per heavy atom. The number of aliphatic imine (C=N–C) groups is 1. The lowest BCUT2D eigenvalue weighted by molar-refractivity contribution is -0.134. The summed E-state index contributed by atoms with van der Waals surface area (Å²) in [5.41, 5.74) is 2.62. The molecule has 0 bridgehead atoms. The van der Waals surface area contributed by atoms with E-state index < -0.39 is 16.1 Å². The molecule has 2 heterocycles. The molecule has 2 aliphatic rings. The number of carbonyl (C=O) groups is 1. The molecule has 32 heavy (non-hydrogen) atoms. The lowest BCUT2D eigenvalue weighted by atomic mass is 9.96. The number of ether oxygens (including phenoxy) is 2. The molecule has 0 unspecified atom stereocenters. The number of nitrogens with one attached hydrogen (secondary N) is 1. The summed E-state index contributed by atoms with van der Waals surface area (Å²) in [6.07, 6.45) is 0.693. The molecule has 0 saturated heterocycles. The third-order valence-electron chi connectivity index (χ3n) is 5.85. The molecular weight excluding hydrogens is 430 g/mol. The zero-order valence-corrected chi connectivity index (χ0v) is 19.4. The predicted octanol–water partition coefficient (Wildman–Crippen LogP) is 2.35. The van der Waals surface area contributed by atoms with E-state index in [1.54, 1.807) is 37.3 Å². The molecule has 8 nitrogen and oxygen atoms in total. The Morgan fingerprint density at radius 1 is 1.09 bits per heavy atom. The van der Waals surface area contributed by atoms with Crippen LogP contribution in [-0.4, -0.2) is 51.9 Å². The first-order valence-electron chi connectivity index (χ1n) is 10.5. The van der Waals surface area contributed by atoms with Crippen LogP contribution in [0.15, 0.2) is 46.3 Å². The van der Waals surface area contributed by atoms with E-state index in [0.29, 0.717) is 36.6 Å². The third kappa shape index (κ3) is 3.92. The molecule has 0 aromatic heterocycles. The van der Waals surface area contributed by atoms with Gasteiger partial charge in [0.25, 0.3) is 10.0 Å². The highest BCUT2D eigenvalue weighted by Crippen LogP contribution is 2.33. The van der Waals surface area contributed by atoms with E-state index in [4.69, 9.17) is 9.47 Å². The average molecular weight is 458 g/mol. The van der Waals surface area contributed by atoms with Gasteiger partial charge in [0.15, 0.2) is 11.5 Å². The highest BCUT2D eigenvalue weighted by molar-refractivity contribution is 7.90. The van der Waals surface area contributed by atoms with Crippen molar-refractivity contribution in [3.05, 3.63) is 53.1 Å². The van der Waals surface area contributed by atoms with Gasteiger partial charge in [-0.15, -0.1) is 0 Å². The summed E-state index contributed by atoms with van der Waals surface area (Å²) in [6, 6.07) is 9.82. The van der Waals surface area contributed by atoms with Gasteiger partial charge in [0.1, 0.15) is 11.9 Å². The average Bonchev–Trinajstić information content (AvgIpc) is 3.05. The SMILES string of the molecule is COc1cc2c(cc1OC)CN(C(=O)[C@@H](N=C1NS(=O)(=O)c3ccccc31)C(C)C)CC2. The summed E-state index contributed by atoms with van der Waals surface area (Å²) < 4.78 is 38.2. The van der Waals surface area contributed by atoms with Gasteiger partial charge in [-0.3, -0.25) is 14.5 Å². The number of nitrogens with zero attached hydrogens (tertiary/aromatic N) is 2. The number of sulfonamides is 1. The number of hydrogen-bond donors (Lipinski definition) is 1. The van der Waals surface area contributed by atoms with E-state index in [-0.39, 0.29) is 22.6 Å². The van der Waals surface area contributed by atoms with Crippen LogP contribution in [0.5, 0.6) is 11.5 Å². The maximum atomic E-state index is 13.5. The number of hydrogen-bond acceptors (Lipinski definition) is 6. The minimum atomic E-state index is -3.66. The zero-order chi connectivity index (χ0) is 23.0. The quantitative estimate of drug-likeness (QED) is 0.743. The molecule has 1 N–H and O–H groups in total. The first-order valence-corrected chi connectivity index (χ1v) is 12.0. The second-order valence-corrected chi connectivity index (χ2v) is 9.90. The van der Waals surface area contributed by atoms with Crippen molar-refractivity contribution in [2.24, 2.45) is 10.9 Å². The summed E-state index contributed by atoms with van der Waals surface area (Å²) in [4.78, 5) is 20.0. The first kappa shape index (κ1) is 22.1.